The number of Topliss-reactive ketones (excluding diaryl/α,β-unsaturated/α-hetero) is 1. The van der Waals surface area contributed by atoms with Gasteiger partial charge in [-0.05, 0) is 68.3 Å². The SMILES string of the molecule is C[C@]12CC[C@@H]3C4=C(CC[C@H]3[C@@H]1[C@H]1C[C@H]1[C@@]21C=CC(=O)O1)CC(=O)CC4. The van der Waals surface area contributed by atoms with E-state index in [0.29, 0.717) is 23.5 Å². The van der Waals surface area contributed by atoms with E-state index in [-0.39, 0.29) is 17.0 Å². The van der Waals surface area contributed by atoms with E-state index in [0.717, 1.165) is 43.9 Å². The molecule has 1 spiro atoms. The first-order valence-corrected chi connectivity index (χ1v) is 10.2. The number of carbonyl (C=O) groups is 2. The topological polar surface area (TPSA) is 43.4 Å². The van der Waals surface area contributed by atoms with E-state index >= 15 is 0 Å². The number of rotatable bonds is 0. The summed E-state index contributed by atoms with van der Waals surface area (Å²) >= 11 is 0. The van der Waals surface area contributed by atoms with Crippen molar-refractivity contribution in [2.75, 3.05) is 0 Å². The molecule has 3 heteroatoms. The lowest BCUT2D eigenvalue weighted by Gasteiger charge is -2.55. The van der Waals surface area contributed by atoms with Gasteiger partial charge in [0, 0.05) is 30.3 Å². The van der Waals surface area contributed by atoms with E-state index in [9.17, 15) is 9.59 Å². The van der Waals surface area contributed by atoms with Crippen LogP contribution in [0, 0.1) is 35.0 Å². The zero-order valence-electron chi connectivity index (χ0n) is 14.9. The summed E-state index contributed by atoms with van der Waals surface area (Å²) in [6, 6.07) is 0. The summed E-state index contributed by atoms with van der Waals surface area (Å²) in [5, 5.41) is 0. The highest BCUT2D eigenvalue weighted by Crippen LogP contribution is 2.77. The zero-order chi connectivity index (χ0) is 17.0. The largest absolute Gasteiger partial charge is 0.451 e. The summed E-state index contributed by atoms with van der Waals surface area (Å²) in [5.74, 6) is 3.77. The average molecular weight is 338 g/mol. The van der Waals surface area contributed by atoms with Gasteiger partial charge in [0.05, 0.1) is 0 Å². The van der Waals surface area contributed by atoms with Gasteiger partial charge in [0.2, 0.25) is 0 Å². The Hall–Kier alpha value is -1.38. The summed E-state index contributed by atoms with van der Waals surface area (Å²) < 4.78 is 6.03. The predicted molar refractivity (Wildman–Crippen MR) is 92.5 cm³/mol. The van der Waals surface area contributed by atoms with Crippen molar-refractivity contribution in [3.05, 3.63) is 23.3 Å². The van der Waals surface area contributed by atoms with Crippen molar-refractivity contribution >= 4 is 11.8 Å². The predicted octanol–water partition coefficient (Wildman–Crippen LogP) is 3.98. The Morgan fingerprint density at radius 1 is 1.12 bits per heavy atom. The van der Waals surface area contributed by atoms with Crippen LogP contribution >= 0.6 is 0 Å². The van der Waals surface area contributed by atoms with Gasteiger partial charge in [-0.1, -0.05) is 18.1 Å². The third kappa shape index (κ3) is 1.64. The molecule has 3 saturated carbocycles. The molecule has 0 N–H and O–H groups in total. The van der Waals surface area contributed by atoms with Crippen molar-refractivity contribution in [3.8, 4) is 0 Å². The molecule has 0 unspecified atom stereocenters. The molecule has 0 aromatic carbocycles. The van der Waals surface area contributed by atoms with Crippen molar-refractivity contribution in [2.45, 2.75) is 63.9 Å². The van der Waals surface area contributed by atoms with Crippen LogP contribution in [0.2, 0.25) is 0 Å². The van der Waals surface area contributed by atoms with Gasteiger partial charge in [-0.2, -0.15) is 0 Å². The minimum absolute atomic E-state index is 0.118. The van der Waals surface area contributed by atoms with E-state index in [2.05, 4.69) is 13.0 Å². The molecule has 3 fully saturated rings. The number of ketones is 1. The van der Waals surface area contributed by atoms with Crippen LogP contribution in [0.4, 0.5) is 0 Å². The van der Waals surface area contributed by atoms with E-state index in [1.807, 2.05) is 0 Å². The molecule has 1 aliphatic heterocycles. The van der Waals surface area contributed by atoms with Gasteiger partial charge in [0.25, 0.3) is 0 Å². The molecule has 0 saturated heterocycles. The first kappa shape index (κ1) is 14.8. The molecule has 6 rings (SSSR count). The molecule has 3 nitrogen and oxygen atoms in total. The quantitative estimate of drug-likeness (QED) is 0.496. The third-order valence-corrected chi connectivity index (χ3v) is 8.93. The number of hydrogen-bond acceptors (Lipinski definition) is 3. The Kier molecular flexibility index (Phi) is 2.64. The van der Waals surface area contributed by atoms with Crippen LogP contribution in [0.3, 0.4) is 0 Å². The molecule has 5 aliphatic carbocycles. The summed E-state index contributed by atoms with van der Waals surface area (Å²) in [6.45, 7) is 2.41. The van der Waals surface area contributed by atoms with Crippen LogP contribution in [-0.2, 0) is 14.3 Å². The molecular formula is C22H26O3. The Morgan fingerprint density at radius 3 is 2.80 bits per heavy atom. The fourth-order valence-corrected chi connectivity index (χ4v) is 8.01. The second-order valence-corrected chi connectivity index (χ2v) is 9.69. The van der Waals surface area contributed by atoms with Crippen molar-refractivity contribution in [1.82, 2.24) is 0 Å². The third-order valence-electron chi connectivity index (χ3n) is 8.93. The number of fused-ring (bicyclic) bond motifs is 8. The van der Waals surface area contributed by atoms with Crippen LogP contribution in [0.15, 0.2) is 23.3 Å². The number of esters is 1. The molecule has 0 bridgehead atoms. The zero-order valence-corrected chi connectivity index (χ0v) is 14.9. The Bertz CT molecular complexity index is 761. The second-order valence-electron chi connectivity index (χ2n) is 9.69. The van der Waals surface area contributed by atoms with E-state index in [4.69, 9.17) is 4.74 Å². The van der Waals surface area contributed by atoms with E-state index < -0.39 is 0 Å². The standard InChI is InChI=1S/C22H26O3/c1-21-8-6-15-14-5-3-13(23)10-12(14)2-4-16(15)20(21)17-11-18(17)22(21)9-7-19(24)25-22/h7,9,15-18,20H,2-6,8,10-11H2,1H3/t15-,16-,17+,18-,20-,21+,22+/m1/s1. The highest BCUT2D eigenvalue weighted by atomic mass is 16.6. The minimum Gasteiger partial charge on any atom is -0.451 e. The number of ether oxygens (including phenoxy) is 1. The lowest BCUT2D eigenvalue weighted by atomic mass is 9.50. The molecule has 0 radical (unpaired) electrons. The fraction of sp³-hybridized carbons (Fsp3) is 0.727. The monoisotopic (exact) mass is 338 g/mol. The van der Waals surface area contributed by atoms with E-state index in [1.54, 1.807) is 11.6 Å². The Morgan fingerprint density at radius 2 is 2.00 bits per heavy atom. The van der Waals surface area contributed by atoms with Crippen LogP contribution in [0.5, 0.6) is 0 Å². The highest BCUT2D eigenvalue weighted by molar-refractivity contribution is 5.86. The normalized spacial score (nSPS) is 52.6. The number of hydrogen-bond donors (Lipinski definition) is 0. The first-order chi connectivity index (χ1) is 12.0. The van der Waals surface area contributed by atoms with Crippen molar-refractivity contribution in [2.24, 2.45) is 35.0 Å². The molecule has 0 aromatic heterocycles. The van der Waals surface area contributed by atoms with Crippen LogP contribution < -0.4 is 0 Å². The Balaban J connectivity index is 1.39. The molecule has 1 heterocycles. The first-order valence-electron chi connectivity index (χ1n) is 10.2. The van der Waals surface area contributed by atoms with Gasteiger partial charge in [0.15, 0.2) is 0 Å². The summed E-state index contributed by atoms with van der Waals surface area (Å²) in [7, 11) is 0. The van der Waals surface area contributed by atoms with E-state index in [1.165, 1.54) is 24.8 Å². The summed E-state index contributed by atoms with van der Waals surface area (Å²) in [4.78, 5) is 23.8. The lowest BCUT2D eigenvalue weighted by Crippen LogP contribution is -2.54. The fourth-order valence-electron chi connectivity index (χ4n) is 8.01. The van der Waals surface area contributed by atoms with Gasteiger partial charge in [-0.15, -0.1) is 0 Å². The number of allylic oxidation sites excluding steroid dienone is 2. The van der Waals surface area contributed by atoms with Gasteiger partial charge < -0.3 is 4.74 Å². The van der Waals surface area contributed by atoms with Crippen LogP contribution in [0.1, 0.15) is 58.3 Å². The summed E-state index contributed by atoms with van der Waals surface area (Å²) in [5.41, 5.74) is 2.97. The molecule has 25 heavy (non-hydrogen) atoms. The highest BCUT2D eigenvalue weighted by Gasteiger charge is 2.77. The number of carbonyl (C=O) groups excluding carboxylic acids is 2. The molecular weight excluding hydrogens is 312 g/mol. The molecule has 132 valence electrons. The maximum absolute atomic E-state index is 11.9. The second kappa shape index (κ2) is 4.47. The molecule has 0 amide bonds. The maximum Gasteiger partial charge on any atom is 0.331 e. The lowest BCUT2D eigenvalue weighted by molar-refractivity contribution is -0.165. The van der Waals surface area contributed by atoms with Crippen molar-refractivity contribution in [3.63, 3.8) is 0 Å². The van der Waals surface area contributed by atoms with Crippen LogP contribution in [0.25, 0.3) is 0 Å². The minimum atomic E-state index is -0.304. The van der Waals surface area contributed by atoms with Gasteiger partial charge >= 0.3 is 5.97 Å². The van der Waals surface area contributed by atoms with Crippen molar-refractivity contribution < 1.29 is 14.3 Å². The smallest absolute Gasteiger partial charge is 0.331 e. The Labute approximate surface area is 148 Å². The average Bonchev–Trinajstić information content (AvgIpc) is 3.23. The molecule has 0 aromatic rings. The van der Waals surface area contributed by atoms with Gasteiger partial charge in [0.1, 0.15) is 11.4 Å². The van der Waals surface area contributed by atoms with Gasteiger partial charge in [-0.3, -0.25) is 4.79 Å². The summed E-state index contributed by atoms with van der Waals surface area (Å²) in [6.07, 6.45) is 12.3. The van der Waals surface area contributed by atoms with Crippen LogP contribution in [-0.4, -0.2) is 17.4 Å². The van der Waals surface area contributed by atoms with Crippen molar-refractivity contribution in [1.29, 1.82) is 0 Å². The maximum atomic E-state index is 11.9. The molecule has 6 aliphatic rings. The molecule has 7 atom stereocenters. The van der Waals surface area contributed by atoms with Gasteiger partial charge in [-0.25, -0.2) is 4.79 Å².